The predicted molar refractivity (Wildman–Crippen MR) is 84.6 cm³/mol. The topological polar surface area (TPSA) is 64.4 Å². The van der Waals surface area contributed by atoms with E-state index in [9.17, 15) is 4.79 Å². The van der Waals surface area contributed by atoms with Crippen LogP contribution in [-0.2, 0) is 11.3 Å². The summed E-state index contributed by atoms with van der Waals surface area (Å²) in [7, 11) is 1.61. The fourth-order valence-corrected chi connectivity index (χ4v) is 1.99. The highest BCUT2D eigenvalue weighted by molar-refractivity contribution is 5.92. The number of benzene rings is 1. The van der Waals surface area contributed by atoms with Gasteiger partial charge in [0.25, 0.3) is 0 Å². The normalized spacial score (nSPS) is 10.9. The molecule has 2 rings (SSSR count). The Hall–Kier alpha value is -2.56. The van der Waals surface area contributed by atoms with Crippen LogP contribution < -0.4 is 10.1 Å². The van der Waals surface area contributed by atoms with Crippen LogP contribution in [0.1, 0.15) is 28.5 Å². The first kappa shape index (κ1) is 15.8. The number of carbonyl (C=O) groups excluding carboxylic acids is 1. The lowest BCUT2D eigenvalue weighted by atomic mass is 10.1. The molecular weight excluding hydrogens is 280 g/mol. The average Bonchev–Trinajstić information content (AvgIpc) is 2.82. The summed E-state index contributed by atoms with van der Waals surface area (Å²) in [5.74, 6) is 1.79. The van der Waals surface area contributed by atoms with E-state index in [1.54, 1.807) is 13.2 Å². The van der Waals surface area contributed by atoms with Crippen LogP contribution in [0.5, 0.6) is 5.75 Å². The summed E-state index contributed by atoms with van der Waals surface area (Å²) in [6.45, 7) is 5.97. The molecule has 116 valence electrons. The fourth-order valence-electron chi connectivity index (χ4n) is 1.99. The fraction of sp³-hybridized carbons (Fsp3) is 0.294. The van der Waals surface area contributed by atoms with E-state index in [0.29, 0.717) is 5.89 Å². The molecule has 0 radical (unpaired) electrons. The van der Waals surface area contributed by atoms with Crippen molar-refractivity contribution >= 4 is 12.0 Å². The minimum Gasteiger partial charge on any atom is -0.496 e. The first-order valence-electron chi connectivity index (χ1n) is 7.03. The number of rotatable bonds is 5. The summed E-state index contributed by atoms with van der Waals surface area (Å²) >= 11 is 0. The molecule has 1 heterocycles. The van der Waals surface area contributed by atoms with Gasteiger partial charge in [-0.05, 0) is 39.0 Å². The third-order valence-corrected chi connectivity index (χ3v) is 3.29. The van der Waals surface area contributed by atoms with E-state index in [4.69, 9.17) is 9.15 Å². The van der Waals surface area contributed by atoms with Crippen molar-refractivity contribution in [1.29, 1.82) is 0 Å². The predicted octanol–water partition coefficient (Wildman–Crippen LogP) is 2.94. The Bertz CT molecular complexity index is 682. The second kappa shape index (κ2) is 6.93. The van der Waals surface area contributed by atoms with Crippen LogP contribution in [-0.4, -0.2) is 18.0 Å². The van der Waals surface area contributed by atoms with Crippen LogP contribution in [0.25, 0.3) is 6.08 Å². The van der Waals surface area contributed by atoms with E-state index in [1.165, 1.54) is 6.08 Å². The van der Waals surface area contributed by atoms with E-state index in [2.05, 4.69) is 10.3 Å². The van der Waals surface area contributed by atoms with Gasteiger partial charge in [0, 0.05) is 11.6 Å². The SMILES string of the molecule is COc1ccc(C)cc1/C=C/C(=O)NCc1nc(C)c(C)o1. The molecule has 0 aliphatic carbocycles. The number of amides is 1. The van der Waals surface area contributed by atoms with Gasteiger partial charge in [0.15, 0.2) is 0 Å². The molecule has 1 amide bonds. The number of ether oxygens (including phenoxy) is 1. The molecule has 0 aliphatic heterocycles. The van der Waals surface area contributed by atoms with E-state index in [0.717, 1.165) is 28.3 Å². The Morgan fingerprint density at radius 2 is 2.14 bits per heavy atom. The molecule has 1 aromatic carbocycles. The molecule has 1 aromatic heterocycles. The maximum atomic E-state index is 11.9. The van der Waals surface area contributed by atoms with Crippen LogP contribution in [0.4, 0.5) is 0 Å². The Kier molecular flexibility index (Phi) is 4.99. The molecule has 0 bridgehead atoms. The third-order valence-electron chi connectivity index (χ3n) is 3.29. The monoisotopic (exact) mass is 300 g/mol. The maximum absolute atomic E-state index is 11.9. The van der Waals surface area contributed by atoms with Crippen LogP contribution in [0, 0.1) is 20.8 Å². The first-order valence-corrected chi connectivity index (χ1v) is 7.03. The van der Waals surface area contributed by atoms with Gasteiger partial charge >= 0.3 is 0 Å². The minimum absolute atomic E-state index is 0.211. The Labute approximate surface area is 130 Å². The number of oxazole rings is 1. The second-order valence-electron chi connectivity index (χ2n) is 5.05. The molecule has 0 atom stereocenters. The van der Waals surface area contributed by atoms with E-state index in [1.807, 2.05) is 39.0 Å². The lowest BCUT2D eigenvalue weighted by Gasteiger charge is -2.05. The first-order chi connectivity index (χ1) is 10.5. The Morgan fingerprint density at radius 3 is 2.77 bits per heavy atom. The lowest BCUT2D eigenvalue weighted by Crippen LogP contribution is -2.20. The van der Waals surface area contributed by atoms with Crippen molar-refractivity contribution in [3.05, 3.63) is 52.7 Å². The number of aryl methyl sites for hydroxylation is 3. The van der Waals surface area contributed by atoms with E-state index in [-0.39, 0.29) is 12.5 Å². The van der Waals surface area contributed by atoms with Crippen molar-refractivity contribution in [2.45, 2.75) is 27.3 Å². The van der Waals surface area contributed by atoms with Crippen molar-refractivity contribution in [1.82, 2.24) is 10.3 Å². The highest BCUT2D eigenvalue weighted by Crippen LogP contribution is 2.20. The molecule has 22 heavy (non-hydrogen) atoms. The van der Waals surface area contributed by atoms with Gasteiger partial charge in [0.1, 0.15) is 11.5 Å². The summed E-state index contributed by atoms with van der Waals surface area (Å²) in [6.07, 6.45) is 3.20. The molecule has 2 aromatic rings. The minimum atomic E-state index is -0.211. The maximum Gasteiger partial charge on any atom is 0.244 e. The van der Waals surface area contributed by atoms with Crippen molar-refractivity contribution < 1.29 is 13.9 Å². The summed E-state index contributed by atoms with van der Waals surface area (Å²) in [4.78, 5) is 16.1. The standard InChI is InChI=1S/C17H20N2O3/c1-11-5-7-15(21-4)14(9-11)6-8-16(20)18-10-17-19-12(2)13(3)22-17/h5-9H,10H2,1-4H3,(H,18,20)/b8-6+. The highest BCUT2D eigenvalue weighted by Gasteiger charge is 2.06. The molecule has 0 unspecified atom stereocenters. The number of carbonyl (C=O) groups is 1. The zero-order chi connectivity index (χ0) is 16.1. The van der Waals surface area contributed by atoms with Gasteiger partial charge in [-0.1, -0.05) is 11.6 Å². The quantitative estimate of drug-likeness (QED) is 0.862. The molecule has 0 spiro atoms. The molecular formula is C17H20N2O3. The zero-order valence-corrected chi connectivity index (χ0v) is 13.3. The second-order valence-corrected chi connectivity index (χ2v) is 5.05. The van der Waals surface area contributed by atoms with E-state index >= 15 is 0 Å². The van der Waals surface area contributed by atoms with Gasteiger partial charge in [0.05, 0.1) is 19.3 Å². The number of hydrogen-bond donors (Lipinski definition) is 1. The number of nitrogens with zero attached hydrogens (tertiary/aromatic N) is 1. The summed E-state index contributed by atoms with van der Waals surface area (Å²) in [5.41, 5.74) is 2.80. The lowest BCUT2D eigenvalue weighted by molar-refractivity contribution is -0.116. The summed E-state index contributed by atoms with van der Waals surface area (Å²) in [5, 5.41) is 2.74. The number of hydrogen-bond acceptors (Lipinski definition) is 4. The van der Waals surface area contributed by atoms with Gasteiger partial charge in [0.2, 0.25) is 11.8 Å². The number of methoxy groups -OCH3 is 1. The summed E-state index contributed by atoms with van der Waals surface area (Å²) < 4.78 is 10.7. The smallest absolute Gasteiger partial charge is 0.244 e. The van der Waals surface area contributed by atoms with Crippen molar-refractivity contribution in [2.24, 2.45) is 0 Å². The van der Waals surface area contributed by atoms with Crippen LogP contribution in [0.3, 0.4) is 0 Å². The van der Waals surface area contributed by atoms with Gasteiger partial charge in [-0.15, -0.1) is 0 Å². The van der Waals surface area contributed by atoms with Gasteiger partial charge in [-0.3, -0.25) is 4.79 Å². The largest absolute Gasteiger partial charge is 0.496 e. The number of aromatic nitrogens is 1. The zero-order valence-electron chi connectivity index (χ0n) is 13.3. The molecule has 5 heteroatoms. The molecule has 0 aliphatic rings. The molecule has 0 saturated heterocycles. The average molecular weight is 300 g/mol. The van der Waals surface area contributed by atoms with Gasteiger partial charge in [-0.2, -0.15) is 0 Å². The molecule has 1 N–H and O–H groups in total. The van der Waals surface area contributed by atoms with Crippen molar-refractivity contribution in [3.8, 4) is 5.75 Å². The van der Waals surface area contributed by atoms with Crippen LogP contribution >= 0.6 is 0 Å². The third kappa shape index (κ3) is 3.97. The Morgan fingerprint density at radius 1 is 1.36 bits per heavy atom. The van der Waals surface area contributed by atoms with Crippen molar-refractivity contribution in [2.75, 3.05) is 7.11 Å². The number of nitrogens with one attached hydrogen (secondary N) is 1. The molecule has 0 saturated carbocycles. The molecule has 0 fully saturated rings. The Balaban J connectivity index is 1.98. The molecule has 5 nitrogen and oxygen atoms in total. The van der Waals surface area contributed by atoms with Crippen LogP contribution in [0.15, 0.2) is 28.7 Å². The van der Waals surface area contributed by atoms with Crippen LogP contribution in [0.2, 0.25) is 0 Å². The van der Waals surface area contributed by atoms with E-state index < -0.39 is 0 Å². The van der Waals surface area contributed by atoms with Gasteiger partial charge in [-0.25, -0.2) is 4.98 Å². The van der Waals surface area contributed by atoms with Gasteiger partial charge < -0.3 is 14.5 Å². The summed E-state index contributed by atoms with van der Waals surface area (Å²) in [6, 6.07) is 5.80. The highest BCUT2D eigenvalue weighted by atomic mass is 16.5. The van der Waals surface area contributed by atoms with Crippen molar-refractivity contribution in [3.63, 3.8) is 0 Å².